The van der Waals surface area contributed by atoms with Crippen molar-refractivity contribution in [2.75, 3.05) is 19.3 Å². The van der Waals surface area contributed by atoms with Gasteiger partial charge in [0.2, 0.25) is 0 Å². The van der Waals surface area contributed by atoms with Crippen molar-refractivity contribution in [1.29, 1.82) is 5.26 Å². The average molecular weight is 563 g/mol. The van der Waals surface area contributed by atoms with Crippen LogP contribution in [0.1, 0.15) is 27.9 Å². The molecule has 5 rings (SSSR count). The highest BCUT2D eigenvalue weighted by molar-refractivity contribution is 7.98. The lowest BCUT2D eigenvalue weighted by molar-refractivity contribution is 0.240. The molecule has 0 saturated heterocycles. The average Bonchev–Trinajstić information content (AvgIpc) is 3.24. The highest BCUT2D eigenvalue weighted by Crippen LogP contribution is 2.35. The van der Waals surface area contributed by atoms with Gasteiger partial charge in [-0.05, 0) is 59.3 Å². The minimum absolute atomic E-state index is 0.221. The van der Waals surface area contributed by atoms with E-state index in [0.29, 0.717) is 17.3 Å². The zero-order valence-corrected chi connectivity index (χ0v) is 23.1. The number of nitrogens with one attached hydrogen (secondary N) is 1. The molecule has 1 aliphatic rings. The van der Waals surface area contributed by atoms with Gasteiger partial charge in [0.15, 0.2) is 0 Å². The Labute approximate surface area is 235 Å². The van der Waals surface area contributed by atoms with Gasteiger partial charge in [0, 0.05) is 59.8 Å². The lowest BCUT2D eigenvalue weighted by atomic mass is 10.0. The summed E-state index contributed by atoms with van der Waals surface area (Å²) < 4.78 is 1.75. The summed E-state index contributed by atoms with van der Waals surface area (Å²) in [5.74, 6) is 0. The zero-order valence-electron chi connectivity index (χ0n) is 20.7. The van der Waals surface area contributed by atoms with Gasteiger partial charge in [-0.2, -0.15) is 5.26 Å². The van der Waals surface area contributed by atoms with E-state index >= 15 is 0 Å². The molecule has 6 nitrogen and oxygen atoms in total. The molecule has 9 heteroatoms. The first kappa shape index (κ1) is 26.3. The molecular weight excluding hydrogens is 537 g/mol. The molecule has 0 saturated carbocycles. The quantitative estimate of drug-likeness (QED) is 0.208. The van der Waals surface area contributed by atoms with E-state index in [0.717, 1.165) is 69.3 Å². The van der Waals surface area contributed by atoms with Crippen molar-refractivity contribution in [3.63, 3.8) is 0 Å². The predicted octanol–water partition coefficient (Wildman–Crippen LogP) is 6.77. The highest BCUT2D eigenvalue weighted by atomic mass is 35.5. The molecule has 1 amide bonds. The van der Waals surface area contributed by atoms with Crippen molar-refractivity contribution in [2.45, 2.75) is 24.4 Å². The minimum atomic E-state index is -0.221. The fourth-order valence-corrected chi connectivity index (χ4v) is 5.68. The van der Waals surface area contributed by atoms with Gasteiger partial charge in [-0.3, -0.25) is 9.47 Å². The number of carbonyl (C=O) groups is 1. The van der Waals surface area contributed by atoms with E-state index in [2.05, 4.69) is 39.5 Å². The van der Waals surface area contributed by atoms with Crippen LogP contribution in [0.25, 0.3) is 17.0 Å². The third-order valence-electron chi connectivity index (χ3n) is 6.65. The summed E-state index contributed by atoms with van der Waals surface area (Å²) in [4.78, 5) is 20.8. The van der Waals surface area contributed by atoms with Crippen LogP contribution < -0.4 is 5.32 Å². The van der Waals surface area contributed by atoms with Gasteiger partial charge in [0.25, 0.3) is 0 Å². The largest absolute Gasteiger partial charge is 0.333 e. The molecule has 0 fully saturated rings. The lowest BCUT2D eigenvalue weighted by Gasteiger charge is -2.27. The third kappa shape index (κ3) is 5.59. The highest BCUT2D eigenvalue weighted by Gasteiger charge is 2.27. The van der Waals surface area contributed by atoms with Crippen LogP contribution in [0.2, 0.25) is 10.2 Å². The summed E-state index contributed by atoms with van der Waals surface area (Å²) in [6.45, 7) is 2.65. The second-order valence-corrected chi connectivity index (χ2v) is 10.7. The smallest absolute Gasteiger partial charge is 0.326 e. The molecule has 2 aromatic heterocycles. The predicted molar refractivity (Wildman–Crippen MR) is 155 cm³/mol. The fraction of sp³-hybridized carbons (Fsp3) is 0.207. The first-order chi connectivity index (χ1) is 18.5. The number of aromatic nitrogens is 2. The minimum Gasteiger partial charge on any atom is -0.333 e. The van der Waals surface area contributed by atoms with Crippen LogP contribution in [0.4, 0.5) is 4.79 Å². The van der Waals surface area contributed by atoms with Crippen molar-refractivity contribution in [1.82, 2.24) is 19.8 Å². The van der Waals surface area contributed by atoms with Crippen LogP contribution in [-0.4, -0.2) is 39.8 Å². The Morgan fingerprint density at radius 1 is 1.21 bits per heavy atom. The number of hydrogen-bond acceptors (Lipinski definition) is 5. The third-order valence-corrected chi connectivity index (χ3v) is 7.89. The molecule has 0 spiro atoms. The first-order valence-electron chi connectivity index (χ1n) is 12.1. The number of halogens is 2. The molecule has 3 heterocycles. The number of carbonyl (C=O) groups excluding carboxylic acids is 1. The van der Waals surface area contributed by atoms with Crippen LogP contribution in [0.3, 0.4) is 0 Å². The van der Waals surface area contributed by atoms with Gasteiger partial charge in [-0.1, -0.05) is 47.5 Å². The number of rotatable bonds is 6. The monoisotopic (exact) mass is 561 g/mol. The molecule has 38 heavy (non-hydrogen) atoms. The molecule has 0 unspecified atom stereocenters. The number of amides is 1. The van der Waals surface area contributed by atoms with E-state index in [1.807, 2.05) is 42.7 Å². The van der Waals surface area contributed by atoms with Crippen LogP contribution in [0, 0.1) is 11.3 Å². The maximum absolute atomic E-state index is 13.5. The molecule has 1 N–H and O–H groups in total. The van der Waals surface area contributed by atoms with Crippen molar-refractivity contribution >= 4 is 58.0 Å². The normalized spacial score (nSPS) is 13.5. The van der Waals surface area contributed by atoms with Gasteiger partial charge in [-0.15, -0.1) is 11.8 Å². The van der Waals surface area contributed by atoms with Crippen molar-refractivity contribution in [3.05, 3.63) is 98.9 Å². The van der Waals surface area contributed by atoms with Crippen LogP contribution in [0.5, 0.6) is 0 Å². The summed E-state index contributed by atoms with van der Waals surface area (Å²) in [7, 11) is 0. The van der Waals surface area contributed by atoms with E-state index in [9.17, 15) is 10.1 Å². The summed E-state index contributed by atoms with van der Waals surface area (Å²) in [5.41, 5.74) is 5.42. The number of hydrogen-bond donors (Lipinski definition) is 1. The molecule has 0 atom stereocenters. The maximum atomic E-state index is 13.5. The topological polar surface area (TPSA) is 74.0 Å². The zero-order chi connectivity index (χ0) is 26.6. The summed E-state index contributed by atoms with van der Waals surface area (Å²) in [5, 5.41) is 14.9. The number of benzene rings is 2. The van der Waals surface area contributed by atoms with Gasteiger partial charge in [0.1, 0.15) is 11.2 Å². The number of pyridine rings is 1. The Morgan fingerprint density at radius 2 is 2.03 bits per heavy atom. The Balaban J connectivity index is 1.44. The van der Waals surface area contributed by atoms with Gasteiger partial charge in [0.05, 0.1) is 11.1 Å². The Hall–Kier alpha value is -3.28. The van der Waals surface area contributed by atoms with Crippen LogP contribution in [-0.2, 0) is 19.5 Å². The van der Waals surface area contributed by atoms with Crippen LogP contribution in [0.15, 0.2) is 65.7 Å². The van der Waals surface area contributed by atoms with E-state index < -0.39 is 0 Å². The van der Waals surface area contributed by atoms with E-state index in [1.54, 1.807) is 28.6 Å². The Morgan fingerprint density at radius 3 is 2.76 bits per heavy atom. The fourth-order valence-electron chi connectivity index (χ4n) is 4.80. The molecule has 4 aromatic rings. The molecule has 1 aliphatic heterocycles. The number of fused-ring (bicyclic) bond motifs is 3. The molecule has 0 bridgehead atoms. The number of nitriles is 1. The summed E-state index contributed by atoms with van der Waals surface area (Å²) in [6, 6.07) is 17.3. The Bertz CT molecular complexity index is 1570. The van der Waals surface area contributed by atoms with Crippen molar-refractivity contribution < 1.29 is 4.79 Å². The second-order valence-electron chi connectivity index (χ2n) is 9.03. The summed E-state index contributed by atoms with van der Waals surface area (Å²) >= 11 is 13.5. The van der Waals surface area contributed by atoms with E-state index in [1.165, 1.54) is 0 Å². The lowest BCUT2D eigenvalue weighted by Crippen LogP contribution is -2.34. The van der Waals surface area contributed by atoms with E-state index in [4.69, 9.17) is 23.2 Å². The van der Waals surface area contributed by atoms with Gasteiger partial charge in [-0.25, -0.2) is 9.78 Å². The maximum Gasteiger partial charge on any atom is 0.326 e. The standard InChI is InChI=1S/C29H25Cl2N5OS/c1-38-27-15-23-24-18-35(11-2-3-19-4-6-22(30)7-5-19)12-9-25(24)36(26(23)14-21(27)16-32)29(37)34-17-20-8-10-33-28(31)13-20/h2-8,10,13-15H,9,11-12,17-18H2,1H3,(H,34,37). The molecule has 192 valence electrons. The van der Waals surface area contributed by atoms with Gasteiger partial charge < -0.3 is 5.32 Å². The molecular formula is C29H25Cl2N5OS. The van der Waals surface area contributed by atoms with Gasteiger partial charge >= 0.3 is 6.03 Å². The molecule has 0 aliphatic carbocycles. The first-order valence-corrected chi connectivity index (χ1v) is 14.1. The summed E-state index contributed by atoms with van der Waals surface area (Å²) in [6.07, 6.45) is 8.56. The van der Waals surface area contributed by atoms with Crippen LogP contribution >= 0.6 is 35.0 Å². The number of thioether (sulfide) groups is 1. The molecule has 2 aromatic carbocycles. The Kier molecular flexibility index (Phi) is 8.06. The SMILES string of the molecule is CSc1cc2c3c(n(C(=O)NCc4ccnc(Cl)c4)c2cc1C#N)CCN(CC=Cc1ccc(Cl)cc1)C3. The second kappa shape index (κ2) is 11.6. The van der Waals surface area contributed by atoms with Crippen molar-refractivity contribution in [2.24, 2.45) is 0 Å². The van der Waals surface area contributed by atoms with E-state index in [-0.39, 0.29) is 6.03 Å². The van der Waals surface area contributed by atoms with Crippen molar-refractivity contribution in [3.8, 4) is 6.07 Å². The molecule has 0 radical (unpaired) electrons. The number of nitrogens with zero attached hydrogens (tertiary/aromatic N) is 4.